The van der Waals surface area contributed by atoms with E-state index in [0.717, 1.165) is 28.2 Å². The summed E-state index contributed by atoms with van der Waals surface area (Å²) in [6, 6.07) is 9.84. The molecule has 2 aromatic heterocycles. The van der Waals surface area contributed by atoms with E-state index in [0.29, 0.717) is 11.8 Å². The molecule has 1 aromatic carbocycles. The van der Waals surface area contributed by atoms with Crippen LogP contribution in [0, 0.1) is 0 Å². The summed E-state index contributed by atoms with van der Waals surface area (Å²) in [5.41, 5.74) is 1.88. The molecule has 2 heterocycles. The maximum absolute atomic E-state index is 5.59. The molecule has 0 aliphatic carbocycles. The number of alkyl halides is 1. The molecule has 0 N–H and O–H groups in total. The smallest absolute Gasteiger partial charge is 0.247 e. The van der Waals surface area contributed by atoms with E-state index in [1.165, 1.54) is 0 Å². The van der Waals surface area contributed by atoms with Gasteiger partial charge in [0.1, 0.15) is 0 Å². The van der Waals surface area contributed by atoms with Crippen LogP contribution < -0.4 is 0 Å². The fourth-order valence-electron chi connectivity index (χ4n) is 1.76. The minimum absolute atomic E-state index is 0.553. The molecule has 0 bridgehead atoms. The SMILES string of the molecule is BrCCc1nnc(-c2ccc3ncccc3c2)o1. The number of pyridine rings is 1. The van der Waals surface area contributed by atoms with Crippen molar-refractivity contribution in [1.82, 2.24) is 15.2 Å². The zero-order valence-electron chi connectivity index (χ0n) is 9.51. The Morgan fingerprint density at radius 2 is 2.11 bits per heavy atom. The monoisotopic (exact) mass is 303 g/mol. The summed E-state index contributed by atoms with van der Waals surface area (Å²) in [5, 5.41) is 9.93. The van der Waals surface area contributed by atoms with E-state index in [-0.39, 0.29) is 0 Å². The first-order chi connectivity index (χ1) is 8.86. The quantitative estimate of drug-likeness (QED) is 0.697. The molecule has 0 aliphatic heterocycles. The van der Waals surface area contributed by atoms with E-state index in [9.17, 15) is 0 Å². The van der Waals surface area contributed by atoms with Gasteiger partial charge in [-0.25, -0.2) is 0 Å². The van der Waals surface area contributed by atoms with Gasteiger partial charge in [-0.15, -0.1) is 10.2 Å². The van der Waals surface area contributed by atoms with Crippen LogP contribution in [0.2, 0.25) is 0 Å². The predicted octanol–water partition coefficient (Wildman–Crippen LogP) is 3.22. The number of rotatable bonds is 3. The third-order valence-corrected chi connectivity index (χ3v) is 3.02. The molecule has 3 rings (SSSR count). The number of fused-ring (bicyclic) bond motifs is 1. The van der Waals surface area contributed by atoms with Crippen LogP contribution in [0.5, 0.6) is 0 Å². The molecule has 18 heavy (non-hydrogen) atoms. The van der Waals surface area contributed by atoms with Gasteiger partial charge in [0.2, 0.25) is 11.8 Å². The van der Waals surface area contributed by atoms with E-state index in [1.54, 1.807) is 6.20 Å². The Bertz CT molecular complexity index is 681. The van der Waals surface area contributed by atoms with Crippen LogP contribution in [-0.4, -0.2) is 20.5 Å². The predicted molar refractivity (Wildman–Crippen MR) is 72.5 cm³/mol. The van der Waals surface area contributed by atoms with Gasteiger partial charge >= 0.3 is 0 Å². The van der Waals surface area contributed by atoms with Gasteiger partial charge in [0.05, 0.1) is 5.52 Å². The molecule has 0 radical (unpaired) electrons. The van der Waals surface area contributed by atoms with Gasteiger partial charge in [-0.3, -0.25) is 4.98 Å². The number of halogens is 1. The van der Waals surface area contributed by atoms with Crippen LogP contribution in [0.25, 0.3) is 22.4 Å². The average Bonchev–Trinajstić information content (AvgIpc) is 2.87. The van der Waals surface area contributed by atoms with Gasteiger partial charge in [0.15, 0.2) is 0 Å². The molecule has 0 atom stereocenters. The molecular weight excluding hydrogens is 294 g/mol. The van der Waals surface area contributed by atoms with E-state index in [4.69, 9.17) is 4.42 Å². The summed E-state index contributed by atoms with van der Waals surface area (Å²) in [5.74, 6) is 1.20. The minimum Gasteiger partial charge on any atom is -0.421 e. The second-order valence-electron chi connectivity index (χ2n) is 3.85. The highest BCUT2D eigenvalue weighted by Crippen LogP contribution is 2.22. The standard InChI is InChI=1S/C13H10BrN3O/c14-6-5-12-16-17-13(18-12)10-3-4-11-9(8-10)2-1-7-15-11/h1-4,7-8H,5-6H2. The molecule has 0 saturated carbocycles. The molecule has 3 aromatic rings. The summed E-state index contributed by atoms with van der Waals surface area (Å²) < 4.78 is 5.59. The summed E-state index contributed by atoms with van der Waals surface area (Å²) in [4.78, 5) is 4.28. The van der Waals surface area contributed by atoms with Crippen molar-refractivity contribution in [3.05, 3.63) is 42.4 Å². The zero-order valence-corrected chi connectivity index (χ0v) is 11.1. The Morgan fingerprint density at radius 1 is 1.17 bits per heavy atom. The highest BCUT2D eigenvalue weighted by Gasteiger charge is 2.08. The van der Waals surface area contributed by atoms with Crippen LogP contribution in [0.3, 0.4) is 0 Å². The van der Waals surface area contributed by atoms with Crippen molar-refractivity contribution in [3.63, 3.8) is 0 Å². The average molecular weight is 304 g/mol. The second kappa shape index (κ2) is 4.86. The van der Waals surface area contributed by atoms with Gasteiger partial charge < -0.3 is 4.42 Å². The van der Waals surface area contributed by atoms with E-state index in [2.05, 4.69) is 31.1 Å². The molecule has 90 valence electrons. The van der Waals surface area contributed by atoms with Crippen molar-refractivity contribution in [2.45, 2.75) is 6.42 Å². The van der Waals surface area contributed by atoms with Crippen molar-refractivity contribution in [2.24, 2.45) is 0 Å². The van der Waals surface area contributed by atoms with Crippen LogP contribution in [0.1, 0.15) is 5.89 Å². The minimum atomic E-state index is 0.553. The molecule has 0 saturated heterocycles. The Labute approximate surface area is 112 Å². The van der Waals surface area contributed by atoms with Gasteiger partial charge in [0.25, 0.3) is 0 Å². The molecular formula is C13H10BrN3O. The maximum Gasteiger partial charge on any atom is 0.247 e. The Hall–Kier alpha value is -1.75. The summed E-state index contributed by atoms with van der Waals surface area (Å²) >= 11 is 3.35. The Morgan fingerprint density at radius 3 is 3.00 bits per heavy atom. The number of benzene rings is 1. The van der Waals surface area contributed by atoms with Crippen molar-refractivity contribution < 1.29 is 4.42 Å². The second-order valence-corrected chi connectivity index (χ2v) is 4.64. The van der Waals surface area contributed by atoms with Crippen LogP contribution in [0.4, 0.5) is 0 Å². The first-order valence-electron chi connectivity index (χ1n) is 5.60. The van der Waals surface area contributed by atoms with Crippen molar-refractivity contribution in [2.75, 3.05) is 5.33 Å². The van der Waals surface area contributed by atoms with Crippen molar-refractivity contribution >= 4 is 26.8 Å². The van der Waals surface area contributed by atoms with E-state index >= 15 is 0 Å². The summed E-state index contributed by atoms with van der Waals surface area (Å²) in [6.07, 6.45) is 2.52. The first kappa shape index (κ1) is 11.3. The molecule has 0 fully saturated rings. The molecule has 0 spiro atoms. The van der Waals surface area contributed by atoms with Gasteiger partial charge in [-0.05, 0) is 24.3 Å². The number of nitrogens with zero attached hydrogens (tertiary/aromatic N) is 3. The van der Waals surface area contributed by atoms with E-state index < -0.39 is 0 Å². The lowest BCUT2D eigenvalue weighted by Gasteiger charge is -1.98. The fourth-order valence-corrected chi connectivity index (χ4v) is 2.10. The van der Waals surface area contributed by atoms with Gasteiger partial charge in [0, 0.05) is 28.9 Å². The third kappa shape index (κ3) is 2.13. The summed E-state index contributed by atoms with van der Waals surface area (Å²) in [7, 11) is 0. The normalized spacial score (nSPS) is 10.9. The number of aromatic nitrogens is 3. The number of hydrogen-bond donors (Lipinski definition) is 0. The largest absolute Gasteiger partial charge is 0.421 e. The van der Waals surface area contributed by atoms with E-state index in [1.807, 2.05) is 30.3 Å². The molecule has 4 nitrogen and oxygen atoms in total. The molecule has 5 heteroatoms. The van der Waals surface area contributed by atoms with Gasteiger partial charge in [-0.2, -0.15) is 0 Å². The van der Waals surface area contributed by atoms with Crippen LogP contribution in [-0.2, 0) is 6.42 Å². The fraction of sp³-hybridized carbons (Fsp3) is 0.154. The van der Waals surface area contributed by atoms with Crippen LogP contribution >= 0.6 is 15.9 Å². The molecule has 0 amide bonds. The van der Waals surface area contributed by atoms with Crippen molar-refractivity contribution in [1.29, 1.82) is 0 Å². The molecule has 0 unspecified atom stereocenters. The summed E-state index contributed by atoms with van der Waals surface area (Å²) in [6.45, 7) is 0. The lowest BCUT2D eigenvalue weighted by atomic mass is 10.1. The highest BCUT2D eigenvalue weighted by molar-refractivity contribution is 9.09. The number of aryl methyl sites for hydroxylation is 1. The lowest BCUT2D eigenvalue weighted by molar-refractivity contribution is 0.514. The Balaban J connectivity index is 2.02. The molecule has 0 aliphatic rings. The van der Waals surface area contributed by atoms with Crippen LogP contribution in [0.15, 0.2) is 40.9 Å². The topological polar surface area (TPSA) is 51.8 Å². The van der Waals surface area contributed by atoms with Gasteiger partial charge in [-0.1, -0.05) is 22.0 Å². The first-order valence-corrected chi connectivity index (χ1v) is 6.72. The lowest BCUT2D eigenvalue weighted by Crippen LogP contribution is -1.83. The maximum atomic E-state index is 5.59. The zero-order chi connectivity index (χ0) is 12.4. The Kier molecular flexibility index (Phi) is 3.06. The number of hydrogen-bond acceptors (Lipinski definition) is 4. The third-order valence-electron chi connectivity index (χ3n) is 2.63. The van der Waals surface area contributed by atoms with Crippen molar-refractivity contribution in [3.8, 4) is 11.5 Å². The highest BCUT2D eigenvalue weighted by atomic mass is 79.9.